The lowest BCUT2D eigenvalue weighted by Gasteiger charge is -2.56. The Morgan fingerprint density at radius 2 is 1.90 bits per heavy atom. The van der Waals surface area contributed by atoms with E-state index in [9.17, 15) is 20.4 Å². The first-order valence-corrected chi connectivity index (χ1v) is 11.1. The van der Waals surface area contributed by atoms with E-state index in [0.29, 0.717) is 17.5 Å². The highest BCUT2D eigenvalue weighted by Gasteiger charge is 2.64. The number of hydrogen-bond acceptors (Lipinski definition) is 8. The fraction of sp³-hybridized carbons (Fsp3) is 0.652. The van der Waals surface area contributed by atoms with E-state index in [1.54, 1.807) is 6.92 Å². The fourth-order valence-corrected chi connectivity index (χ4v) is 6.56. The number of ether oxygens (including phenoxy) is 3. The third-order valence-electron chi connectivity index (χ3n) is 8.19. The van der Waals surface area contributed by atoms with E-state index < -0.39 is 36.8 Å². The second-order valence-electron chi connectivity index (χ2n) is 9.71. The standard InChI is InChI=1S/C23H29NO7/c1-10-17(26)18(27)19(28)22(29-10)30-15-6-3-11-9-13-12-4-5-14(25)21-23(12,7-8-24(13)2)16(11)20(15)31-21/h3-6,10,12-14,17-19,21-22,25-28H,7-9H2,1-2H3/t10-,12+,13-,14+,17-,18+,19-,21+,22?,23+/m1/s1. The summed E-state index contributed by atoms with van der Waals surface area (Å²) >= 11 is 0. The largest absolute Gasteiger partial charge is 0.482 e. The molecule has 168 valence electrons. The van der Waals surface area contributed by atoms with Crippen LogP contribution in [0.4, 0.5) is 0 Å². The summed E-state index contributed by atoms with van der Waals surface area (Å²) in [7, 11) is 2.16. The molecular weight excluding hydrogens is 402 g/mol. The molecule has 3 aliphatic heterocycles. The average molecular weight is 431 g/mol. The van der Waals surface area contributed by atoms with Gasteiger partial charge in [0, 0.05) is 22.9 Å². The van der Waals surface area contributed by atoms with Gasteiger partial charge < -0.3 is 39.5 Å². The maximum Gasteiger partial charge on any atom is 0.229 e. The first kappa shape index (κ1) is 20.0. The number of hydrogen-bond donors (Lipinski definition) is 4. The zero-order chi connectivity index (χ0) is 21.7. The van der Waals surface area contributed by atoms with Crippen molar-refractivity contribution in [3.63, 3.8) is 0 Å². The summed E-state index contributed by atoms with van der Waals surface area (Å²) in [6, 6.07) is 4.21. The molecule has 1 aromatic rings. The number of likely N-dealkylation sites (tertiary alicyclic amines) is 1. The molecule has 0 saturated carbocycles. The van der Waals surface area contributed by atoms with Gasteiger partial charge in [0.1, 0.15) is 30.5 Å². The summed E-state index contributed by atoms with van der Waals surface area (Å²) in [6.45, 7) is 2.55. The lowest BCUT2D eigenvalue weighted by molar-refractivity contribution is -0.268. The molecule has 1 aromatic carbocycles. The molecule has 3 heterocycles. The van der Waals surface area contributed by atoms with Gasteiger partial charge in [-0.15, -0.1) is 0 Å². The van der Waals surface area contributed by atoms with E-state index >= 15 is 0 Å². The van der Waals surface area contributed by atoms with Crippen LogP contribution in [0.1, 0.15) is 24.5 Å². The van der Waals surface area contributed by atoms with Crippen LogP contribution >= 0.6 is 0 Å². The molecule has 8 heteroatoms. The quantitative estimate of drug-likeness (QED) is 0.473. The average Bonchev–Trinajstić information content (AvgIpc) is 3.11. The minimum atomic E-state index is -1.40. The molecule has 0 radical (unpaired) electrons. The molecule has 2 aliphatic carbocycles. The summed E-state index contributed by atoms with van der Waals surface area (Å²) in [5, 5.41) is 41.3. The van der Waals surface area contributed by atoms with Gasteiger partial charge in [0.15, 0.2) is 11.5 Å². The van der Waals surface area contributed by atoms with E-state index in [-0.39, 0.29) is 17.4 Å². The molecule has 2 saturated heterocycles. The highest BCUT2D eigenvalue weighted by Crippen LogP contribution is 2.62. The van der Waals surface area contributed by atoms with Gasteiger partial charge in [0.2, 0.25) is 6.29 Å². The van der Waals surface area contributed by atoms with Crippen LogP contribution in [0.3, 0.4) is 0 Å². The maximum atomic E-state index is 10.8. The van der Waals surface area contributed by atoms with Gasteiger partial charge in [-0.05, 0) is 45.0 Å². The third-order valence-corrected chi connectivity index (χ3v) is 8.19. The Labute approximate surface area is 180 Å². The van der Waals surface area contributed by atoms with Crippen molar-refractivity contribution < 1.29 is 34.6 Å². The number of aliphatic hydroxyl groups excluding tert-OH is 4. The molecule has 8 nitrogen and oxygen atoms in total. The molecule has 0 aromatic heterocycles. The molecule has 1 spiro atoms. The highest BCUT2D eigenvalue weighted by molar-refractivity contribution is 5.62. The minimum absolute atomic E-state index is 0.247. The molecule has 2 bridgehead atoms. The summed E-state index contributed by atoms with van der Waals surface area (Å²) in [5.41, 5.74) is 2.00. The SMILES string of the molecule is C[C@H]1OC(Oc2ccc3c4c2O[C@H]2[C@@H](O)C=C[C@H]5[C@@H](C3)N(C)CC[C@@]452)[C@H](O)[C@@H](O)[C@@H]1O. The predicted molar refractivity (Wildman–Crippen MR) is 109 cm³/mol. The molecule has 0 amide bonds. The Morgan fingerprint density at radius 1 is 1.10 bits per heavy atom. The van der Waals surface area contributed by atoms with Gasteiger partial charge in [-0.25, -0.2) is 0 Å². The molecule has 4 N–H and O–H groups in total. The van der Waals surface area contributed by atoms with Crippen LogP contribution in [0, 0.1) is 5.92 Å². The number of likely N-dealkylation sites (N-methyl/N-ethyl adjacent to an activating group) is 1. The Kier molecular flexibility index (Phi) is 4.29. The highest BCUT2D eigenvalue weighted by atomic mass is 16.7. The van der Waals surface area contributed by atoms with Gasteiger partial charge in [-0.3, -0.25) is 0 Å². The van der Waals surface area contributed by atoms with Crippen molar-refractivity contribution in [2.75, 3.05) is 13.6 Å². The van der Waals surface area contributed by atoms with Gasteiger partial charge in [-0.1, -0.05) is 18.2 Å². The number of benzene rings is 1. The van der Waals surface area contributed by atoms with Crippen LogP contribution < -0.4 is 9.47 Å². The van der Waals surface area contributed by atoms with E-state index in [4.69, 9.17) is 14.2 Å². The molecule has 10 atom stereocenters. The lowest BCUT2D eigenvalue weighted by Crippen LogP contribution is -2.64. The monoisotopic (exact) mass is 431 g/mol. The summed E-state index contributed by atoms with van der Waals surface area (Å²) in [4.78, 5) is 2.40. The van der Waals surface area contributed by atoms with Crippen molar-refractivity contribution in [3.8, 4) is 11.5 Å². The van der Waals surface area contributed by atoms with Crippen LogP contribution in [-0.2, 0) is 16.6 Å². The summed E-state index contributed by atoms with van der Waals surface area (Å²) in [6.07, 6.45) is -1.10. The Bertz CT molecular complexity index is 937. The second-order valence-corrected chi connectivity index (χ2v) is 9.71. The molecule has 1 unspecified atom stereocenters. The fourth-order valence-electron chi connectivity index (χ4n) is 6.56. The maximum absolute atomic E-state index is 10.8. The number of rotatable bonds is 2. The molecule has 2 fully saturated rings. The molecular formula is C23H29NO7. The predicted octanol–water partition coefficient (Wildman–Crippen LogP) is -0.301. The number of nitrogens with zero attached hydrogens (tertiary/aromatic N) is 1. The first-order valence-electron chi connectivity index (χ1n) is 11.1. The zero-order valence-electron chi connectivity index (χ0n) is 17.6. The lowest BCUT2D eigenvalue weighted by atomic mass is 9.53. The second kappa shape index (κ2) is 6.66. The molecule has 31 heavy (non-hydrogen) atoms. The Balaban J connectivity index is 1.42. The van der Waals surface area contributed by atoms with Crippen molar-refractivity contribution >= 4 is 0 Å². The summed E-state index contributed by atoms with van der Waals surface area (Å²) in [5.74, 6) is 1.27. The topological polar surface area (TPSA) is 112 Å². The van der Waals surface area contributed by atoms with Crippen molar-refractivity contribution in [1.29, 1.82) is 0 Å². The van der Waals surface area contributed by atoms with Crippen molar-refractivity contribution in [3.05, 3.63) is 35.4 Å². The normalized spacial score (nSPS) is 47.6. The summed E-state index contributed by atoms with van der Waals surface area (Å²) < 4.78 is 18.1. The van der Waals surface area contributed by atoms with Crippen LogP contribution in [0.25, 0.3) is 0 Å². The number of piperidine rings is 1. The van der Waals surface area contributed by atoms with E-state index in [1.807, 2.05) is 18.2 Å². The molecule has 5 aliphatic rings. The van der Waals surface area contributed by atoms with Gasteiger partial charge >= 0.3 is 0 Å². The van der Waals surface area contributed by atoms with Crippen LogP contribution in [0.15, 0.2) is 24.3 Å². The van der Waals surface area contributed by atoms with Gasteiger partial charge in [-0.2, -0.15) is 0 Å². The minimum Gasteiger partial charge on any atom is -0.482 e. The first-order chi connectivity index (χ1) is 14.8. The smallest absolute Gasteiger partial charge is 0.229 e. The van der Waals surface area contributed by atoms with Crippen molar-refractivity contribution in [2.45, 2.75) is 74.1 Å². The van der Waals surface area contributed by atoms with Crippen LogP contribution in [-0.4, -0.2) is 87.9 Å². The van der Waals surface area contributed by atoms with Crippen molar-refractivity contribution in [2.24, 2.45) is 5.92 Å². The van der Waals surface area contributed by atoms with E-state index in [1.165, 1.54) is 5.56 Å². The van der Waals surface area contributed by atoms with E-state index in [0.717, 1.165) is 24.9 Å². The van der Waals surface area contributed by atoms with Gasteiger partial charge in [0.25, 0.3) is 0 Å². The third kappa shape index (κ3) is 2.52. The van der Waals surface area contributed by atoms with Crippen LogP contribution in [0.5, 0.6) is 11.5 Å². The number of aliphatic hydroxyl groups is 4. The van der Waals surface area contributed by atoms with Crippen molar-refractivity contribution in [1.82, 2.24) is 4.90 Å². The Hall–Kier alpha value is -1.68. The van der Waals surface area contributed by atoms with Gasteiger partial charge in [0.05, 0.1) is 6.10 Å². The molecule has 6 rings (SSSR count). The van der Waals surface area contributed by atoms with Crippen LogP contribution in [0.2, 0.25) is 0 Å². The zero-order valence-corrected chi connectivity index (χ0v) is 17.6. The van der Waals surface area contributed by atoms with E-state index in [2.05, 4.69) is 18.0 Å². The Morgan fingerprint density at radius 3 is 2.71 bits per heavy atom.